The van der Waals surface area contributed by atoms with Crippen LogP contribution < -0.4 is 5.43 Å². The molecule has 2 aromatic carbocycles. The van der Waals surface area contributed by atoms with Gasteiger partial charge in [0.15, 0.2) is 0 Å². The molecule has 23 heavy (non-hydrogen) atoms. The van der Waals surface area contributed by atoms with Gasteiger partial charge in [0.05, 0.1) is 12.1 Å². The molecule has 0 bridgehead atoms. The number of hydrogen-bond acceptors (Lipinski definition) is 5. The van der Waals surface area contributed by atoms with Crippen LogP contribution in [0.1, 0.15) is 5.56 Å². The molecule has 0 radical (unpaired) electrons. The van der Waals surface area contributed by atoms with Crippen LogP contribution in [0.15, 0.2) is 53.6 Å². The molecule has 2 rings (SSSR count). The summed E-state index contributed by atoms with van der Waals surface area (Å²) in [5.41, 5.74) is 5.60. The molecule has 0 unspecified atom stereocenters. The Morgan fingerprint density at radius 2 is 1.78 bits per heavy atom. The number of anilines is 1. The first kappa shape index (κ1) is 15.7. The van der Waals surface area contributed by atoms with Gasteiger partial charge in [-0.15, -0.1) is 0 Å². The molecule has 0 saturated carbocycles. The number of nitrogens with zero attached hydrogens (tertiary/aromatic N) is 3. The zero-order valence-electron chi connectivity index (χ0n) is 12.0. The van der Waals surface area contributed by atoms with Crippen LogP contribution in [-0.2, 0) is 11.2 Å². The summed E-state index contributed by atoms with van der Waals surface area (Å²) in [5.74, 6) is -0.868. The van der Waals surface area contributed by atoms with Crippen molar-refractivity contribution in [2.75, 3.05) is 5.43 Å². The second-order valence-electron chi connectivity index (χ2n) is 4.64. The third-order valence-corrected chi connectivity index (χ3v) is 3.01. The standard InChI is InChI=1S/C17H12N4O2/c18-10-16(11-19)21-20-15-3-1-2-14(9-15)13-6-4-12(5-7-13)8-17(22)23/h1-7,9,20H,8H2,(H,22,23). The van der Waals surface area contributed by atoms with E-state index in [0.29, 0.717) is 5.69 Å². The van der Waals surface area contributed by atoms with Gasteiger partial charge in [-0.25, -0.2) is 0 Å². The number of rotatable bonds is 5. The van der Waals surface area contributed by atoms with Crippen LogP contribution in [0.25, 0.3) is 11.1 Å². The molecule has 2 aromatic rings. The van der Waals surface area contributed by atoms with Crippen molar-refractivity contribution >= 4 is 17.4 Å². The largest absolute Gasteiger partial charge is 0.481 e. The quantitative estimate of drug-likeness (QED) is 0.652. The number of carbonyl (C=O) groups is 1. The Kier molecular flexibility index (Phi) is 5.06. The van der Waals surface area contributed by atoms with E-state index in [0.717, 1.165) is 16.7 Å². The lowest BCUT2D eigenvalue weighted by Crippen LogP contribution is -1.99. The lowest BCUT2D eigenvalue weighted by molar-refractivity contribution is -0.136. The number of hydrogen-bond donors (Lipinski definition) is 2. The molecule has 112 valence electrons. The average molecular weight is 304 g/mol. The van der Waals surface area contributed by atoms with E-state index in [1.165, 1.54) is 0 Å². The number of nitrogens with one attached hydrogen (secondary N) is 1. The fourth-order valence-electron chi connectivity index (χ4n) is 1.95. The van der Waals surface area contributed by atoms with Gasteiger partial charge < -0.3 is 5.11 Å². The van der Waals surface area contributed by atoms with E-state index in [1.54, 1.807) is 30.3 Å². The monoisotopic (exact) mass is 304 g/mol. The summed E-state index contributed by atoms with van der Waals surface area (Å²) < 4.78 is 0. The first-order valence-electron chi connectivity index (χ1n) is 6.67. The molecule has 6 heteroatoms. The number of aliphatic carboxylic acids is 1. The van der Waals surface area contributed by atoms with E-state index >= 15 is 0 Å². The minimum absolute atomic E-state index is 0.0122. The number of nitriles is 2. The highest BCUT2D eigenvalue weighted by atomic mass is 16.4. The molecule has 0 aliphatic carbocycles. The third-order valence-electron chi connectivity index (χ3n) is 3.01. The number of carboxylic acids is 1. The maximum absolute atomic E-state index is 10.7. The molecule has 6 nitrogen and oxygen atoms in total. The van der Waals surface area contributed by atoms with Crippen LogP contribution in [0.4, 0.5) is 5.69 Å². The van der Waals surface area contributed by atoms with Crippen molar-refractivity contribution in [1.29, 1.82) is 10.5 Å². The molecule has 0 heterocycles. The van der Waals surface area contributed by atoms with Gasteiger partial charge in [-0.1, -0.05) is 36.4 Å². The van der Waals surface area contributed by atoms with E-state index in [2.05, 4.69) is 10.5 Å². The Morgan fingerprint density at radius 1 is 1.09 bits per heavy atom. The van der Waals surface area contributed by atoms with Gasteiger partial charge in [-0.2, -0.15) is 15.6 Å². The Labute approximate surface area is 132 Å². The summed E-state index contributed by atoms with van der Waals surface area (Å²) in [6, 6.07) is 17.9. The van der Waals surface area contributed by atoms with Crippen molar-refractivity contribution < 1.29 is 9.90 Å². The van der Waals surface area contributed by atoms with Gasteiger partial charge in [-0.3, -0.25) is 10.2 Å². The van der Waals surface area contributed by atoms with Crippen molar-refractivity contribution in [2.24, 2.45) is 5.10 Å². The highest BCUT2D eigenvalue weighted by molar-refractivity contribution is 6.10. The van der Waals surface area contributed by atoms with Crippen molar-refractivity contribution in [3.63, 3.8) is 0 Å². The lowest BCUT2D eigenvalue weighted by Gasteiger charge is -2.06. The van der Waals surface area contributed by atoms with Crippen LogP contribution in [0, 0.1) is 22.7 Å². The molecule has 0 atom stereocenters. The zero-order valence-corrected chi connectivity index (χ0v) is 12.0. The SMILES string of the molecule is N#CC(C#N)=NNc1cccc(-c2ccc(CC(=O)O)cc2)c1. The van der Waals surface area contributed by atoms with Crippen molar-refractivity contribution in [3.8, 4) is 23.3 Å². The summed E-state index contributed by atoms with van der Waals surface area (Å²) in [6.45, 7) is 0. The second kappa shape index (κ2) is 7.39. The Hall–Kier alpha value is -3.64. The highest BCUT2D eigenvalue weighted by Crippen LogP contribution is 2.23. The third kappa shape index (κ3) is 4.42. The molecular weight excluding hydrogens is 292 g/mol. The number of hydrazone groups is 1. The summed E-state index contributed by atoms with van der Waals surface area (Å²) in [5, 5.41) is 29.7. The van der Waals surface area contributed by atoms with Gasteiger partial charge in [0.25, 0.3) is 0 Å². The normalized spacial score (nSPS) is 9.30. The lowest BCUT2D eigenvalue weighted by atomic mass is 10.0. The fraction of sp³-hybridized carbons (Fsp3) is 0.0588. The topological polar surface area (TPSA) is 109 Å². The van der Waals surface area contributed by atoms with Gasteiger partial charge in [0.1, 0.15) is 12.1 Å². The molecule has 2 N–H and O–H groups in total. The van der Waals surface area contributed by atoms with Gasteiger partial charge in [0.2, 0.25) is 5.71 Å². The maximum atomic E-state index is 10.7. The van der Waals surface area contributed by atoms with Crippen LogP contribution in [0.3, 0.4) is 0 Å². The minimum atomic E-state index is -0.868. The second-order valence-corrected chi connectivity index (χ2v) is 4.64. The van der Waals surface area contributed by atoms with E-state index in [1.807, 2.05) is 30.3 Å². The predicted molar refractivity (Wildman–Crippen MR) is 85.5 cm³/mol. The van der Waals surface area contributed by atoms with Crippen molar-refractivity contribution in [1.82, 2.24) is 0 Å². The summed E-state index contributed by atoms with van der Waals surface area (Å²) in [6.07, 6.45) is -0.0122. The zero-order chi connectivity index (χ0) is 16.7. The van der Waals surface area contributed by atoms with Gasteiger partial charge >= 0.3 is 5.97 Å². The molecule has 0 saturated heterocycles. The Balaban J connectivity index is 2.20. The summed E-state index contributed by atoms with van der Waals surface area (Å²) in [4.78, 5) is 10.7. The van der Waals surface area contributed by atoms with Crippen LogP contribution >= 0.6 is 0 Å². The van der Waals surface area contributed by atoms with Gasteiger partial charge in [-0.05, 0) is 28.8 Å². The molecule has 0 spiro atoms. The van der Waals surface area contributed by atoms with Crippen LogP contribution in [0.2, 0.25) is 0 Å². The fourth-order valence-corrected chi connectivity index (χ4v) is 1.95. The maximum Gasteiger partial charge on any atom is 0.307 e. The predicted octanol–water partition coefficient (Wildman–Crippen LogP) is 2.80. The molecular formula is C17H12N4O2. The first-order chi connectivity index (χ1) is 11.1. The van der Waals surface area contributed by atoms with E-state index < -0.39 is 5.97 Å². The molecule has 0 aromatic heterocycles. The highest BCUT2D eigenvalue weighted by Gasteiger charge is 2.03. The van der Waals surface area contributed by atoms with Crippen LogP contribution in [-0.4, -0.2) is 16.8 Å². The van der Waals surface area contributed by atoms with Crippen molar-refractivity contribution in [2.45, 2.75) is 6.42 Å². The molecule has 0 aliphatic heterocycles. The van der Waals surface area contributed by atoms with Gasteiger partial charge in [0, 0.05) is 0 Å². The smallest absolute Gasteiger partial charge is 0.307 e. The summed E-state index contributed by atoms with van der Waals surface area (Å²) >= 11 is 0. The first-order valence-corrected chi connectivity index (χ1v) is 6.67. The Morgan fingerprint density at radius 3 is 2.39 bits per heavy atom. The molecule has 0 amide bonds. The Bertz CT molecular complexity index is 811. The number of benzene rings is 2. The number of carboxylic acid groups (broad SMARTS) is 1. The molecule has 0 fully saturated rings. The van der Waals surface area contributed by atoms with E-state index in [4.69, 9.17) is 15.6 Å². The minimum Gasteiger partial charge on any atom is -0.481 e. The van der Waals surface area contributed by atoms with E-state index in [-0.39, 0.29) is 12.1 Å². The van der Waals surface area contributed by atoms with Crippen LogP contribution in [0.5, 0.6) is 0 Å². The average Bonchev–Trinajstić information content (AvgIpc) is 2.56. The van der Waals surface area contributed by atoms with E-state index in [9.17, 15) is 4.79 Å². The molecule has 0 aliphatic rings. The van der Waals surface area contributed by atoms with Crippen molar-refractivity contribution in [3.05, 3.63) is 54.1 Å². The summed E-state index contributed by atoms with van der Waals surface area (Å²) in [7, 11) is 0.